The van der Waals surface area contributed by atoms with Gasteiger partial charge in [-0.3, -0.25) is 0 Å². The van der Waals surface area contributed by atoms with Gasteiger partial charge in [0.25, 0.3) is 0 Å². The molecule has 0 saturated heterocycles. The third kappa shape index (κ3) is 3.20. The predicted octanol–water partition coefficient (Wildman–Crippen LogP) is 2.43. The second-order valence-electron chi connectivity index (χ2n) is 4.26. The molecule has 0 saturated carbocycles. The second kappa shape index (κ2) is 5.06. The average Bonchev–Trinajstić information content (AvgIpc) is 2.25. The molecule has 0 radical (unpaired) electrons. The summed E-state index contributed by atoms with van der Waals surface area (Å²) in [7, 11) is 0. The summed E-state index contributed by atoms with van der Waals surface area (Å²) in [5, 5.41) is 12.5. The molecule has 0 aliphatic carbocycles. The predicted molar refractivity (Wildman–Crippen MR) is 59.5 cm³/mol. The first-order valence-corrected chi connectivity index (χ1v) is 5.35. The first-order valence-electron chi connectivity index (χ1n) is 5.35. The first kappa shape index (κ1) is 14.0. The summed E-state index contributed by atoms with van der Waals surface area (Å²) in [5.41, 5.74) is -3.00. The summed E-state index contributed by atoms with van der Waals surface area (Å²) in [5.74, 6) is 0. The van der Waals surface area contributed by atoms with E-state index in [2.05, 4.69) is 5.32 Å². The second-order valence-corrected chi connectivity index (χ2v) is 4.26. The van der Waals surface area contributed by atoms with Crippen molar-refractivity contribution in [2.45, 2.75) is 31.7 Å². The molecule has 0 aliphatic heterocycles. The van der Waals surface area contributed by atoms with E-state index in [4.69, 9.17) is 0 Å². The van der Waals surface area contributed by atoms with Crippen molar-refractivity contribution in [1.29, 1.82) is 0 Å². The molecule has 1 rings (SSSR count). The molecule has 2 nitrogen and oxygen atoms in total. The molecule has 0 amide bonds. The quantitative estimate of drug-likeness (QED) is 0.856. The highest BCUT2D eigenvalue weighted by Gasteiger charge is 2.54. The van der Waals surface area contributed by atoms with Crippen LogP contribution in [0.25, 0.3) is 0 Å². The van der Waals surface area contributed by atoms with Crippen molar-refractivity contribution in [3.63, 3.8) is 0 Å². The zero-order valence-corrected chi connectivity index (χ0v) is 9.75. The molecule has 0 heterocycles. The van der Waals surface area contributed by atoms with Crippen molar-refractivity contribution < 1.29 is 18.3 Å². The molecule has 0 bridgehead atoms. The molecule has 1 aromatic rings. The highest BCUT2D eigenvalue weighted by atomic mass is 19.4. The maximum atomic E-state index is 13.0. The summed E-state index contributed by atoms with van der Waals surface area (Å²) >= 11 is 0. The molecule has 96 valence electrons. The van der Waals surface area contributed by atoms with Crippen LogP contribution in [-0.2, 0) is 5.60 Å². The third-order valence-electron chi connectivity index (χ3n) is 2.49. The van der Waals surface area contributed by atoms with Crippen LogP contribution < -0.4 is 5.32 Å². The molecule has 1 unspecified atom stereocenters. The van der Waals surface area contributed by atoms with Crippen LogP contribution in [-0.4, -0.2) is 23.9 Å². The van der Waals surface area contributed by atoms with E-state index >= 15 is 0 Å². The van der Waals surface area contributed by atoms with Gasteiger partial charge in [-0.1, -0.05) is 44.2 Å². The number of aliphatic hydroxyl groups is 1. The van der Waals surface area contributed by atoms with Crippen molar-refractivity contribution in [1.82, 2.24) is 5.32 Å². The molecular weight excluding hydrogens is 231 g/mol. The van der Waals surface area contributed by atoms with Crippen LogP contribution in [0.3, 0.4) is 0 Å². The lowest BCUT2D eigenvalue weighted by Crippen LogP contribution is -2.51. The third-order valence-corrected chi connectivity index (χ3v) is 2.49. The summed E-state index contributed by atoms with van der Waals surface area (Å²) in [6.45, 7) is 2.89. The minimum atomic E-state index is -4.71. The van der Waals surface area contributed by atoms with E-state index in [1.54, 1.807) is 19.9 Å². The SMILES string of the molecule is CC(C)NCC(O)(c1ccccc1)C(F)(F)F. The minimum Gasteiger partial charge on any atom is -0.375 e. The van der Waals surface area contributed by atoms with Gasteiger partial charge in [-0.05, 0) is 5.56 Å². The van der Waals surface area contributed by atoms with Gasteiger partial charge in [-0.2, -0.15) is 13.2 Å². The Hall–Kier alpha value is -1.07. The van der Waals surface area contributed by atoms with Gasteiger partial charge in [0.05, 0.1) is 0 Å². The molecule has 2 N–H and O–H groups in total. The molecule has 17 heavy (non-hydrogen) atoms. The number of benzene rings is 1. The van der Waals surface area contributed by atoms with E-state index in [0.29, 0.717) is 0 Å². The lowest BCUT2D eigenvalue weighted by atomic mass is 9.93. The zero-order valence-electron chi connectivity index (χ0n) is 9.75. The van der Waals surface area contributed by atoms with Gasteiger partial charge < -0.3 is 10.4 Å². The Kier molecular flexibility index (Phi) is 4.16. The van der Waals surface area contributed by atoms with E-state index in [9.17, 15) is 18.3 Å². The van der Waals surface area contributed by atoms with Gasteiger partial charge in [0.1, 0.15) is 0 Å². The molecule has 1 aromatic carbocycles. The Labute approximate surface area is 98.5 Å². The maximum Gasteiger partial charge on any atom is 0.422 e. The van der Waals surface area contributed by atoms with E-state index in [1.807, 2.05) is 0 Å². The van der Waals surface area contributed by atoms with Gasteiger partial charge in [-0.25, -0.2) is 0 Å². The molecule has 0 fully saturated rings. The summed E-state index contributed by atoms with van der Waals surface area (Å²) in [4.78, 5) is 0. The standard InChI is InChI=1S/C12H16F3NO/c1-9(2)16-8-11(17,12(13,14)15)10-6-4-3-5-7-10/h3-7,9,16-17H,8H2,1-2H3. The number of rotatable bonds is 4. The Morgan fingerprint density at radius 2 is 1.71 bits per heavy atom. The van der Waals surface area contributed by atoms with Crippen molar-refractivity contribution in [2.24, 2.45) is 0 Å². The monoisotopic (exact) mass is 247 g/mol. The van der Waals surface area contributed by atoms with Gasteiger partial charge >= 0.3 is 6.18 Å². The Morgan fingerprint density at radius 1 is 1.18 bits per heavy atom. The summed E-state index contributed by atoms with van der Waals surface area (Å²) in [6, 6.07) is 6.97. The van der Waals surface area contributed by atoms with Gasteiger partial charge in [0, 0.05) is 12.6 Å². The van der Waals surface area contributed by atoms with Crippen LogP contribution in [0.15, 0.2) is 30.3 Å². The normalized spacial score (nSPS) is 15.9. The number of nitrogens with one attached hydrogen (secondary N) is 1. The molecular formula is C12H16F3NO. The average molecular weight is 247 g/mol. The van der Waals surface area contributed by atoms with Gasteiger partial charge in [-0.15, -0.1) is 0 Å². The highest BCUT2D eigenvalue weighted by molar-refractivity contribution is 5.24. The smallest absolute Gasteiger partial charge is 0.375 e. The van der Waals surface area contributed by atoms with Crippen molar-refractivity contribution in [3.05, 3.63) is 35.9 Å². The highest BCUT2D eigenvalue weighted by Crippen LogP contribution is 2.38. The molecule has 1 atom stereocenters. The fraction of sp³-hybridized carbons (Fsp3) is 0.500. The van der Waals surface area contributed by atoms with Crippen molar-refractivity contribution in [3.8, 4) is 0 Å². The first-order chi connectivity index (χ1) is 7.77. The zero-order chi connectivity index (χ0) is 13.1. The number of alkyl halides is 3. The van der Waals surface area contributed by atoms with Crippen LogP contribution in [0, 0.1) is 0 Å². The van der Waals surface area contributed by atoms with Crippen LogP contribution in [0.1, 0.15) is 19.4 Å². The van der Waals surface area contributed by atoms with Crippen LogP contribution in [0.5, 0.6) is 0 Å². The topological polar surface area (TPSA) is 32.3 Å². The van der Waals surface area contributed by atoms with E-state index < -0.39 is 18.3 Å². The molecule has 5 heteroatoms. The minimum absolute atomic E-state index is 0.132. The molecule has 0 aliphatic rings. The Balaban J connectivity index is 3.03. The lowest BCUT2D eigenvalue weighted by molar-refractivity contribution is -0.264. The van der Waals surface area contributed by atoms with Gasteiger partial charge in [0.2, 0.25) is 0 Å². The summed E-state index contributed by atoms with van der Waals surface area (Å²) < 4.78 is 38.9. The fourth-order valence-electron chi connectivity index (χ4n) is 1.43. The number of halogens is 3. The maximum absolute atomic E-state index is 13.0. The fourth-order valence-corrected chi connectivity index (χ4v) is 1.43. The largest absolute Gasteiger partial charge is 0.422 e. The van der Waals surface area contributed by atoms with Crippen LogP contribution in [0.4, 0.5) is 13.2 Å². The van der Waals surface area contributed by atoms with Gasteiger partial charge in [0.15, 0.2) is 5.60 Å². The lowest BCUT2D eigenvalue weighted by Gasteiger charge is -2.32. The molecule has 0 spiro atoms. The van der Waals surface area contributed by atoms with Crippen molar-refractivity contribution >= 4 is 0 Å². The van der Waals surface area contributed by atoms with E-state index in [0.717, 1.165) is 0 Å². The van der Waals surface area contributed by atoms with E-state index in [1.165, 1.54) is 24.3 Å². The Morgan fingerprint density at radius 3 is 2.12 bits per heavy atom. The van der Waals surface area contributed by atoms with Crippen LogP contribution in [0.2, 0.25) is 0 Å². The number of hydrogen-bond donors (Lipinski definition) is 2. The summed E-state index contributed by atoms with van der Waals surface area (Å²) in [6.07, 6.45) is -4.71. The van der Waals surface area contributed by atoms with Crippen LogP contribution >= 0.6 is 0 Å². The number of hydrogen-bond acceptors (Lipinski definition) is 2. The molecule has 0 aromatic heterocycles. The van der Waals surface area contributed by atoms with Crippen molar-refractivity contribution in [2.75, 3.05) is 6.54 Å². The van der Waals surface area contributed by atoms with E-state index in [-0.39, 0.29) is 11.6 Å². The Bertz CT molecular complexity index is 351.